The Bertz CT molecular complexity index is 517. The number of nitrogens with two attached hydrogens (primary N) is 1. The Morgan fingerprint density at radius 1 is 1.18 bits per heavy atom. The highest BCUT2D eigenvalue weighted by Gasteiger charge is 2.06. The molecule has 4 nitrogen and oxygen atoms in total. The number of hydrogen-bond donors (Lipinski definition) is 1. The monoisotopic (exact) mass is 269 g/mol. The Hall–Kier alpha value is -1.36. The van der Waals surface area contributed by atoms with Crippen LogP contribution in [0, 0.1) is 0 Å². The van der Waals surface area contributed by atoms with Gasteiger partial charge in [-0.3, -0.25) is 0 Å². The van der Waals surface area contributed by atoms with Gasteiger partial charge < -0.3 is 10.5 Å². The number of halogens is 2. The number of rotatable bonds is 3. The first kappa shape index (κ1) is 12.1. The predicted octanol–water partition coefficient (Wildman–Crippen LogP) is 3.03. The molecule has 0 fully saturated rings. The summed E-state index contributed by atoms with van der Waals surface area (Å²) in [4.78, 5) is 8.00. The molecule has 2 N–H and O–H groups in total. The molecule has 1 aromatic heterocycles. The zero-order valence-corrected chi connectivity index (χ0v) is 10.2. The smallest absolute Gasteiger partial charge is 0.321 e. The predicted molar refractivity (Wildman–Crippen MR) is 66.5 cm³/mol. The van der Waals surface area contributed by atoms with Crippen molar-refractivity contribution >= 4 is 23.2 Å². The fraction of sp³-hybridized carbons (Fsp3) is 0.0909. The van der Waals surface area contributed by atoms with Crippen LogP contribution >= 0.6 is 23.2 Å². The van der Waals surface area contributed by atoms with Crippen molar-refractivity contribution in [2.45, 2.75) is 6.54 Å². The third-order valence-corrected chi connectivity index (χ3v) is 2.56. The Labute approximate surface area is 108 Å². The molecule has 0 aliphatic rings. The molecular formula is C11H9Cl2N3O. The van der Waals surface area contributed by atoms with Crippen molar-refractivity contribution in [3.8, 4) is 11.8 Å². The maximum atomic E-state index is 5.95. The molecule has 0 unspecified atom stereocenters. The van der Waals surface area contributed by atoms with Crippen LogP contribution in [0.3, 0.4) is 0 Å². The van der Waals surface area contributed by atoms with Gasteiger partial charge in [0, 0.05) is 35.6 Å². The maximum absolute atomic E-state index is 5.95. The fourth-order valence-electron chi connectivity index (χ4n) is 1.15. The van der Waals surface area contributed by atoms with E-state index < -0.39 is 0 Å². The number of nitrogens with zero attached hydrogens (tertiary/aromatic N) is 2. The fourth-order valence-corrected chi connectivity index (χ4v) is 1.47. The van der Waals surface area contributed by atoms with E-state index in [0.717, 1.165) is 5.56 Å². The minimum absolute atomic E-state index is 0.200. The van der Waals surface area contributed by atoms with Gasteiger partial charge in [-0.1, -0.05) is 23.2 Å². The van der Waals surface area contributed by atoms with E-state index in [1.54, 1.807) is 30.6 Å². The van der Waals surface area contributed by atoms with Gasteiger partial charge >= 0.3 is 6.01 Å². The molecule has 1 aromatic carbocycles. The summed E-state index contributed by atoms with van der Waals surface area (Å²) in [5, 5.41) is 0.976. The molecular weight excluding hydrogens is 261 g/mol. The standard InChI is InChI=1S/C11H9Cl2N3O/c12-8-1-2-9(13)10(3-8)17-11-15-5-7(4-14)6-16-11/h1-3,5-6H,4,14H2. The zero-order valence-electron chi connectivity index (χ0n) is 8.73. The first-order chi connectivity index (χ1) is 8.19. The molecule has 0 amide bonds. The van der Waals surface area contributed by atoms with Crippen molar-refractivity contribution in [2.75, 3.05) is 0 Å². The van der Waals surface area contributed by atoms with E-state index in [1.807, 2.05) is 0 Å². The molecule has 0 aliphatic heterocycles. The van der Waals surface area contributed by atoms with Crippen molar-refractivity contribution in [3.05, 3.63) is 46.2 Å². The summed E-state index contributed by atoms with van der Waals surface area (Å²) in [6.07, 6.45) is 3.20. The molecule has 0 saturated carbocycles. The van der Waals surface area contributed by atoms with Gasteiger partial charge in [0.1, 0.15) is 0 Å². The lowest BCUT2D eigenvalue weighted by Crippen LogP contribution is -1.99. The van der Waals surface area contributed by atoms with Gasteiger partial charge in [0.05, 0.1) is 5.02 Å². The molecule has 2 aromatic rings. The SMILES string of the molecule is NCc1cnc(Oc2cc(Cl)ccc2Cl)nc1. The van der Waals surface area contributed by atoms with Gasteiger partial charge in [0.2, 0.25) is 0 Å². The molecule has 1 heterocycles. The number of benzene rings is 1. The second-order valence-corrected chi connectivity index (χ2v) is 4.10. The van der Waals surface area contributed by atoms with Gasteiger partial charge in [-0.25, -0.2) is 9.97 Å². The first-order valence-electron chi connectivity index (χ1n) is 4.83. The minimum Gasteiger partial charge on any atom is -0.423 e. The lowest BCUT2D eigenvalue weighted by molar-refractivity contribution is 0.441. The van der Waals surface area contributed by atoms with Crippen molar-refractivity contribution < 1.29 is 4.74 Å². The molecule has 0 saturated heterocycles. The van der Waals surface area contributed by atoms with E-state index >= 15 is 0 Å². The van der Waals surface area contributed by atoms with E-state index in [-0.39, 0.29) is 6.01 Å². The Kier molecular flexibility index (Phi) is 3.78. The molecule has 0 atom stereocenters. The lowest BCUT2D eigenvalue weighted by atomic mass is 10.3. The topological polar surface area (TPSA) is 61.0 Å². The third-order valence-electron chi connectivity index (χ3n) is 2.01. The average Bonchev–Trinajstić information content (AvgIpc) is 2.35. The van der Waals surface area contributed by atoms with Crippen LogP contribution < -0.4 is 10.5 Å². The van der Waals surface area contributed by atoms with E-state index in [2.05, 4.69) is 9.97 Å². The van der Waals surface area contributed by atoms with Crippen molar-refractivity contribution in [1.82, 2.24) is 9.97 Å². The van der Waals surface area contributed by atoms with Gasteiger partial charge in [-0.15, -0.1) is 0 Å². The number of hydrogen-bond acceptors (Lipinski definition) is 4. The Morgan fingerprint density at radius 3 is 2.53 bits per heavy atom. The average molecular weight is 270 g/mol. The van der Waals surface area contributed by atoms with Crippen molar-refractivity contribution in [1.29, 1.82) is 0 Å². The summed E-state index contributed by atoms with van der Waals surface area (Å²) in [5.41, 5.74) is 6.27. The van der Waals surface area contributed by atoms with Gasteiger partial charge in [0.25, 0.3) is 0 Å². The zero-order chi connectivity index (χ0) is 12.3. The number of aromatic nitrogens is 2. The van der Waals surface area contributed by atoms with Gasteiger partial charge in [0.15, 0.2) is 5.75 Å². The second kappa shape index (κ2) is 5.31. The molecule has 0 bridgehead atoms. The molecule has 88 valence electrons. The Balaban J connectivity index is 2.22. The van der Waals surface area contributed by atoms with Gasteiger partial charge in [-0.2, -0.15) is 0 Å². The summed E-state index contributed by atoms with van der Waals surface area (Å²) in [6.45, 7) is 0.387. The summed E-state index contributed by atoms with van der Waals surface area (Å²) >= 11 is 11.8. The molecule has 2 rings (SSSR count). The highest BCUT2D eigenvalue weighted by molar-refractivity contribution is 6.34. The van der Waals surface area contributed by atoms with Crippen LogP contribution in [0.25, 0.3) is 0 Å². The molecule has 6 heteroatoms. The van der Waals surface area contributed by atoms with Crippen LogP contribution in [0.15, 0.2) is 30.6 Å². The highest BCUT2D eigenvalue weighted by atomic mass is 35.5. The van der Waals surface area contributed by atoms with Crippen LogP contribution in [-0.4, -0.2) is 9.97 Å². The summed E-state index contributed by atoms with van der Waals surface area (Å²) in [5.74, 6) is 0.416. The Morgan fingerprint density at radius 2 is 1.88 bits per heavy atom. The largest absolute Gasteiger partial charge is 0.423 e. The first-order valence-corrected chi connectivity index (χ1v) is 5.58. The maximum Gasteiger partial charge on any atom is 0.321 e. The van der Waals surface area contributed by atoms with Crippen LogP contribution in [0.2, 0.25) is 10.0 Å². The third kappa shape index (κ3) is 3.06. The van der Waals surface area contributed by atoms with Crippen LogP contribution in [-0.2, 0) is 6.54 Å². The summed E-state index contributed by atoms with van der Waals surface area (Å²) in [7, 11) is 0. The van der Waals surface area contributed by atoms with Crippen LogP contribution in [0.1, 0.15) is 5.56 Å². The van der Waals surface area contributed by atoms with E-state index in [9.17, 15) is 0 Å². The van der Waals surface area contributed by atoms with E-state index in [1.165, 1.54) is 0 Å². The van der Waals surface area contributed by atoms with Crippen molar-refractivity contribution in [3.63, 3.8) is 0 Å². The van der Waals surface area contributed by atoms with E-state index in [4.69, 9.17) is 33.7 Å². The normalized spacial score (nSPS) is 10.3. The quantitative estimate of drug-likeness (QED) is 0.931. The minimum atomic E-state index is 0.200. The molecule has 0 radical (unpaired) electrons. The molecule has 17 heavy (non-hydrogen) atoms. The molecule has 0 aliphatic carbocycles. The lowest BCUT2D eigenvalue weighted by Gasteiger charge is -2.06. The summed E-state index contributed by atoms with van der Waals surface area (Å²) < 4.78 is 5.41. The number of ether oxygens (including phenoxy) is 1. The summed E-state index contributed by atoms with van der Waals surface area (Å²) in [6, 6.07) is 5.12. The van der Waals surface area contributed by atoms with E-state index in [0.29, 0.717) is 22.3 Å². The highest BCUT2D eigenvalue weighted by Crippen LogP contribution is 2.30. The van der Waals surface area contributed by atoms with Crippen LogP contribution in [0.4, 0.5) is 0 Å². The molecule has 0 spiro atoms. The second-order valence-electron chi connectivity index (χ2n) is 3.25. The van der Waals surface area contributed by atoms with Crippen LogP contribution in [0.5, 0.6) is 11.8 Å². The van der Waals surface area contributed by atoms with Gasteiger partial charge in [-0.05, 0) is 12.1 Å². The van der Waals surface area contributed by atoms with Crippen molar-refractivity contribution in [2.24, 2.45) is 5.73 Å².